The van der Waals surface area contributed by atoms with Crippen LogP contribution in [0.2, 0.25) is 0 Å². The molecule has 2 heterocycles. The summed E-state index contributed by atoms with van der Waals surface area (Å²) >= 11 is 1.75. The number of aromatic nitrogens is 3. The highest BCUT2D eigenvalue weighted by molar-refractivity contribution is 7.98. The zero-order valence-electron chi connectivity index (χ0n) is 11.5. The first-order chi connectivity index (χ1) is 9.74. The van der Waals surface area contributed by atoms with Crippen molar-refractivity contribution in [1.82, 2.24) is 14.6 Å². The van der Waals surface area contributed by atoms with E-state index in [1.54, 1.807) is 11.8 Å². The average Bonchev–Trinajstić information content (AvgIpc) is 2.85. The molecule has 0 unspecified atom stereocenters. The zero-order valence-corrected chi connectivity index (χ0v) is 12.3. The van der Waals surface area contributed by atoms with E-state index >= 15 is 0 Å². The average molecular weight is 284 g/mol. The Bertz CT molecular complexity index is 718. The fourth-order valence-corrected chi connectivity index (χ4v) is 2.45. The highest BCUT2D eigenvalue weighted by atomic mass is 32.2. The van der Waals surface area contributed by atoms with Crippen LogP contribution in [0.1, 0.15) is 11.3 Å². The SMILES string of the molecule is CSc1ccc(NCc2cnc3cc(C)nn3c2)cc1. The van der Waals surface area contributed by atoms with Gasteiger partial charge in [0.15, 0.2) is 5.65 Å². The molecule has 0 aliphatic carbocycles. The summed E-state index contributed by atoms with van der Waals surface area (Å²) in [6.45, 7) is 2.71. The number of thioether (sulfide) groups is 1. The van der Waals surface area contributed by atoms with E-state index in [0.29, 0.717) is 0 Å². The number of rotatable bonds is 4. The van der Waals surface area contributed by atoms with Crippen molar-refractivity contribution in [2.75, 3.05) is 11.6 Å². The van der Waals surface area contributed by atoms with Gasteiger partial charge in [-0.3, -0.25) is 0 Å². The summed E-state index contributed by atoms with van der Waals surface area (Å²) in [5, 5.41) is 7.77. The van der Waals surface area contributed by atoms with Gasteiger partial charge in [-0.15, -0.1) is 11.8 Å². The van der Waals surface area contributed by atoms with Crippen LogP contribution in [-0.2, 0) is 6.54 Å². The minimum Gasteiger partial charge on any atom is -0.381 e. The van der Waals surface area contributed by atoms with Gasteiger partial charge in [0.1, 0.15) is 0 Å². The van der Waals surface area contributed by atoms with E-state index in [1.807, 2.05) is 29.9 Å². The van der Waals surface area contributed by atoms with E-state index in [1.165, 1.54) is 4.90 Å². The smallest absolute Gasteiger partial charge is 0.155 e. The largest absolute Gasteiger partial charge is 0.381 e. The third-order valence-corrected chi connectivity index (χ3v) is 3.82. The summed E-state index contributed by atoms with van der Waals surface area (Å²) in [5.74, 6) is 0. The maximum Gasteiger partial charge on any atom is 0.155 e. The van der Waals surface area contributed by atoms with Crippen LogP contribution in [-0.4, -0.2) is 20.9 Å². The number of nitrogens with zero attached hydrogens (tertiary/aromatic N) is 3. The fraction of sp³-hybridized carbons (Fsp3) is 0.200. The van der Waals surface area contributed by atoms with Gasteiger partial charge in [0, 0.05) is 41.2 Å². The van der Waals surface area contributed by atoms with Crippen molar-refractivity contribution in [3.63, 3.8) is 0 Å². The molecule has 3 aromatic rings. The summed E-state index contributed by atoms with van der Waals surface area (Å²) in [5.41, 5.74) is 4.08. The van der Waals surface area contributed by atoms with E-state index in [9.17, 15) is 0 Å². The van der Waals surface area contributed by atoms with Gasteiger partial charge in [-0.25, -0.2) is 9.50 Å². The first-order valence-electron chi connectivity index (χ1n) is 6.43. The Morgan fingerprint density at radius 1 is 1.25 bits per heavy atom. The van der Waals surface area contributed by atoms with Gasteiger partial charge in [0.25, 0.3) is 0 Å². The van der Waals surface area contributed by atoms with Gasteiger partial charge in [-0.05, 0) is 37.4 Å². The monoisotopic (exact) mass is 284 g/mol. The maximum atomic E-state index is 4.40. The second-order valence-corrected chi connectivity index (χ2v) is 5.51. The second-order valence-electron chi connectivity index (χ2n) is 4.63. The van der Waals surface area contributed by atoms with E-state index < -0.39 is 0 Å². The minimum absolute atomic E-state index is 0.737. The number of hydrogen-bond donors (Lipinski definition) is 1. The van der Waals surface area contributed by atoms with Crippen molar-refractivity contribution in [3.05, 3.63) is 54.0 Å². The van der Waals surface area contributed by atoms with Crippen molar-refractivity contribution >= 4 is 23.1 Å². The van der Waals surface area contributed by atoms with Crippen LogP contribution in [0, 0.1) is 6.92 Å². The Balaban J connectivity index is 1.72. The lowest BCUT2D eigenvalue weighted by Crippen LogP contribution is -2.02. The molecule has 2 aromatic heterocycles. The molecule has 0 saturated carbocycles. The molecular weight excluding hydrogens is 268 g/mol. The van der Waals surface area contributed by atoms with Crippen LogP contribution in [0.25, 0.3) is 5.65 Å². The predicted octanol–water partition coefficient (Wildman–Crippen LogP) is 3.37. The lowest BCUT2D eigenvalue weighted by atomic mass is 10.3. The molecule has 0 aliphatic rings. The van der Waals surface area contributed by atoms with Gasteiger partial charge in [0.2, 0.25) is 0 Å². The molecule has 0 saturated heterocycles. The number of hydrogen-bond acceptors (Lipinski definition) is 4. The van der Waals surface area contributed by atoms with Gasteiger partial charge >= 0.3 is 0 Å². The minimum atomic E-state index is 0.737. The van der Waals surface area contributed by atoms with Gasteiger partial charge < -0.3 is 5.32 Å². The van der Waals surface area contributed by atoms with Crippen LogP contribution in [0.4, 0.5) is 5.69 Å². The molecule has 0 bridgehead atoms. The molecule has 1 N–H and O–H groups in total. The summed E-state index contributed by atoms with van der Waals surface area (Å²) in [6, 6.07) is 10.4. The number of aryl methyl sites for hydroxylation is 1. The molecule has 5 heteroatoms. The lowest BCUT2D eigenvalue weighted by Gasteiger charge is -2.07. The normalized spacial score (nSPS) is 10.9. The van der Waals surface area contributed by atoms with E-state index in [0.717, 1.165) is 29.1 Å². The molecule has 4 nitrogen and oxygen atoms in total. The molecule has 102 valence electrons. The lowest BCUT2D eigenvalue weighted by molar-refractivity contribution is 0.895. The van der Waals surface area contributed by atoms with Gasteiger partial charge in [-0.1, -0.05) is 0 Å². The van der Waals surface area contributed by atoms with Crippen molar-refractivity contribution in [3.8, 4) is 0 Å². The van der Waals surface area contributed by atoms with Crippen LogP contribution < -0.4 is 5.32 Å². The molecular formula is C15H16N4S. The number of anilines is 1. The highest BCUT2D eigenvalue weighted by Gasteiger charge is 2.01. The van der Waals surface area contributed by atoms with Crippen molar-refractivity contribution in [2.24, 2.45) is 0 Å². The Morgan fingerprint density at radius 2 is 2.05 bits per heavy atom. The Kier molecular flexibility index (Phi) is 3.60. The predicted molar refractivity (Wildman–Crippen MR) is 83.3 cm³/mol. The van der Waals surface area contributed by atoms with Crippen molar-refractivity contribution in [2.45, 2.75) is 18.4 Å². The molecule has 0 radical (unpaired) electrons. The summed E-state index contributed by atoms with van der Waals surface area (Å²) in [6.07, 6.45) is 5.98. The van der Waals surface area contributed by atoms with E-state index in [2.05, 4.69) is 45.9 Å². The van der Waals surface area contributed by atoms with E-state index in [4.69, 9.17) is 0 Å². The number of nitrogens with one attached hydrogen (secondary N) is 1. The third kappa shape index (κ3) is 2.77. The third-order valence-electron chi connectivity index (χ3n) is 3.08. The van der Waals surface area contributed by atoms with Crippen molar-refractivity contribution in [1.29, 1.82) is 0 Å². The van der Waals surface area contributed by atoms with Crippen molar-refractivity contribution < 1.29 is 0 Å². The Labute approximate surface area is 122 Å². The topological polar surface area (TPSA) is 42.2 Å². The Hall–Kier alpha value is -2.01. The highest BCUT2D eigenvalue weighted by Crippen LogP contribution is 2.18. The molecule has 0 amide bonds. The molecule has 20 heavy (non-hydrogen) atoms. The summed E-state index contributed by atoms with van der Waals surface area (Å²) in [4.78, 5) is 5.67. The van der Waals surface area contributed by atoms with Crippen LogP contribution >= 0.6 is 11.8 Å². The molecule has 0 spiro atoms. The molecule has 0 fully saturated rings. The first kappa shape index (κ1) is 13.0. The summed E-state index contributed by atoms with van der Waals surface area (Å²) < 4.78 is 1.82. The van der Waals surface area contributed by atoms with Crippen LogP contribution in [0.3, 0.4) is 0 Å². The van der Waals surface area contributed by atoms with Gasteiger partial charge in [-0.2, -0.15) is 5.10 Å². The van der Waals surface area contributed by atoms with Crippen LogP contribution in [0.5, 0.6) is 0 Å². The standard InChI is InChI=1S/C15H16N4S/c1-11-7-15-17-9-12(10-19(15)18-11)8-16-13-3-5-14(20-2)6-4-13/h3-7,9-10,16H,8H2,1-2H3. The zero-order chi connectivity index (χ0) is 13.9. The first-order valence-corrected chi connectivity index (χ1v) is 7.66. The molecule has 3 rings (SSSR count). The second kappa shape index (κ2) is 5.54. The molecule has 0 atom stereocenters. The van der Waals surface area contributed by atoms with E-state index in [-0.39, 0.29) is 0 Å². The quantitative estimate of drug-likeness (QED) is 0.746. The maximum absolute atomic E-state index is 4.40. The van der Waals surface area contributed by atoms with Gasteiger partial charge in [0.05, 0.1) is 5.69 Å². The molecule has 0 aliphatic heterocycles. The fourth-order valence-electron chi connectivity index (χ4n) is 2.04. The van der Waals surface area contributed by atoms with Crippen LogP contribution in [0.15, 0.2) is 47.6 Å². The Morgan fingerprint density at radius 3 is 2.80 bits per heavy atom. The molecule has 1 aromatic carbocycles. The summed E-state index contributed by atoms with van der Waals surface area (Å²) in [7, 11) is 0. The number of benzene rings is 1. The number of fused-ring (bicyclic) bond motifs is 1.